The van der Waals surface area contributed by atoms with Gasteiger partial charge in [-0.15, -0.1) is 12.6 Å². The maximum Gasteiger partial charge on any atom is 0.233 e. The highest BCUT2D eigenvalue weighted by atomic mass is 32.1. The van der Waals surface area contributed by atoms with E-state index in [1.807, 2.05) is 60.7 Å². The second-order valence-corrected chi connectivity index (χ2v) is 7.57. The number of benzene rings is 3. The topological polar surface area (TPSA) is 40.5 Å². The van der Waals surface area contributed by atoms with E-state index in [-0.39, 0.29) is 11.7 Å². The largest absolute Gasteiger partial charge is 0.511 e. The van der Waals surface area contributed by atoms with Crippen LogP contribution in [0.2, 0.25) is 0 Å². The summed E-state index contributed by atoms with van der Waals surface area (Å²) in [7, 11) is 3.44. The van der Waals surface area contributed by atoms with Crippen LogP contribution in [0.25, 0.3) is 16.3 Å². The number of hydrogen-bond acceptors (Lipinski definition) is 3. The molecule has 0 aliphatic heterocycles. The Balaban J connectivity index is 2.06. The Bertz CT molecular complexity index is 1080. The van der Waals surface area contributed by atoms with Crippen molar-refractivity contribution >= 4 is 34.9 Å². The molecule has 1 N–H and O–H groups in total. The fraction of sp³-hybridized carbons (Fsp3) is 0.174. The van der Waals surface area contributed by atoms with Crippen LogP contribution in [-0.4, -0.2) is 30.0 Å². The van der Waals surface area contributed by atoms with Gasteiger partial charge in [-0.2, -0.15) is 0 Å². The molecule has 0 radical (unpaired) electrons. The zero-order valence-corrected chi connectivity index (χ0v) is 16.2. The number of hydrogen-bond donors (Lipinski definition) is 2. The smallest absolute Gasteiger partial charge is 0.233 e. The molecule has 3 aromatic carbocycles. The van der Waals surface area contributed by atoms with Crippen LogP contribution in [0.1, 0.15) is 16.7 Å². The molecule has 1 unspecified atom stereocenters. The predicted octanol–water partition coefficient (Wildman–Crippen LogP) is 4.71. The average molecular weight is 375 g/mol. The molecule has 0 saturated heterocycles. The van der Waals surface area contributed by atoms with Crippen LogP contribution in [0, 0.1) is 5.92 Å². The second-order valence-electron chi connectivity index (χ2n) is 7.09. The Morgan fingerprint density at radius 1 is 1.04 bits per heavy atom. The van der Waals surface area contributed by atoms with Gasteiger partial charge in [0.2, 0.25) is 5.91 Å². The molecular weight excluding hydrogens is 354 g/mol. The highest BCUT2D eigenvalue weighted by Gasteiger charge is 2.34. The first-order valence-electron chi connectivity index (χ1n) is 8.92. The fourth-order valence-electron chi connectivity index (χ4n) is 3.87. The molecule has 3 aromatic rings. The van der Waals surface area contributed by atoms with Crippen LogP contribution < -0.4 is 0 Å². The zero-order valence-electron chi connectivity index (χ0n) is 15.3. The molecular formula is C23H21NO2S. The molecule has 27 heavy (non-hydrogen) atoms. The van der Waals surface area contributed by atoms with Crippen LogP contribution in [-0.2, 0) is 11.2 Å². The summed E-state index contributed by atoms with van der Waals surface area (Å²) in [4.78, 5) is 15.1. The van der Waals surface area contributed by atoms with Crippen LogP contribution in [0.4, 0.5) is 0 Å². The summed E-state index contributed by atoms with van der Waals surface area (Å²) in [5.74, 6) is -0.559. The van der Waals surface area contributed by atoms with Crippen LogP contribution in [0.15, 0.2) is 71.3 Å². The minimum Gasteiger partial charge on any atom is -0.511 e. The maximum absolute atomic E-state index is 12.8. The van der Waals surface area contributed by atoms with Gasteiger partial charge in [0.15, 0.2) is 0 Å². The number of carbonyl (C=O) groups is 1. The van der Waals surface area contributed by atoms with Gasteiger partial charge in [-0.1, -0.05) is 54.6 Å². The van der Waals surface area contributed by atoms with Gasteiger partial charge in [0.25, 0.3) is 0 Å². The molecule has 0 saturated carbocycles. The Labute approximate surface area is 164 Å². The van der Waals surface area contributed by atoms with E-state index in [0.717, 1.165) is 32.4 Å². The van der Waals surface area contributed by atoms with Gasteiger partial charge in [0.05, 0.1) is 5.92 Å². The van der Waals surface area contributed by atoms with Gasteiger partial charge in [-0.3, -0.25) is 4.79 Å². The fourth-order valence-corrected chi connectivity index (χ4v) is 4.18. The normalized spacial score (nSPS) is 16.3. The maximum atomic E-state index is 12.8. The highest BCUT2D eigenvalue weighted by Crippen LogP contribution is 2.42. The molecule has 1 aliphatic rings. The first kappa shape index (κ1) is 17.7. The van der Waals surface area contributed by atoms with Crippen LogP contribution in [0.3, 0.4) is 0 Å². The molecule has 0 spiro atoms. The SMILES string of the molecule is CN(C)C(=O)C1Cc2ccccc2C(c2c(S)ccc3ccccc23)=C1O. The lowest BCUT2D eigenvalue weighted by molar-refractivity contribution is -0.132. The van der Waals surface area contributed by atoms with Crippen molar-refractivity contribution in [2.75, 3.05) is 14.1 Å². The molecule has 4 heteroatoms. The molecule has 3 nitrogen and oxygen atoms in total. The number of carbonyl (C=O) groups excluding carboxylic acids is 1. The first-order chi connectivity index (χ1) is 13.0. The van der Waals surface area contributed by atoms with Gasteiger partial charge in [0, 0.05) is 30.1 Å². The monoisotopic (exact) mass is 375 g/mol. The van der Waals surface area contributed by atoms with E-state index >= 15 is 0 Å². The zero-order chi connectivity index (χ0) is 19.1. The van der Waals surface area contributed by atoms with Gasteiger partial charge in [-0.25, -0.2) is 0 Å². The summed E-state index contributed by atoms with van der Waals surface area (Å²) in [5, 5.41) is 13.3. The van der Waals surface area contributed by atoms with E-state index in [2.05, 4.69) is 0 Å². The Morgan fingerprint density at radius 3 is 2.52 bits per heavy atom. The number of fused-ring (bicyclic) bond motifs is 2. The van der Waals surface area contributed by atoms with Crippen molar-refractivity contribution < 1.29 is 9.90 Å². The minimum atomic E-state index is -0.586. The van der Waals surface area contributed by atoms with Crippen molar-refractivity contribution in [2.45, 2.75) is 11.3 Å². The number of nitrogens with zero attached hydrogens (tertiary/aromatic N) is 1. The van der Waals surface area contributed by atoms with Crippen molar-refractivity contribution in [3.05, 3.63) is 83.1 Å². The van der Waals surface area contributed by atoms with E-state index in [0.29, 0.717) is 12.0 Å². The number of aliphatic hydroxyl groups is 1. The number of aliphatic hydroxyl groups excluding tert-OH is 1. The van der Waals surface area contributed by atoms with Crippen molar-refractivity contribution in [3.8, 4) is 0 Å². The third kappa shape index (κ3) is 2.90. The Hall–Kier alpha value is -2.72. The van der Waals surface area contributed by atoms with Gasteiger partial charge >= 0.3 is 0 Å². The van der Waals surface area contributed by atoms with Crippen molar-refractivity contribution in [3.63, 3.8) is 0 Å². The molecule has 0 bridgehead atoms. The summed E-state index contributed by atoms with van der Waals surface area (Å²) < 4.78 is 0. The van der Waals surface area contributed by atoms with E-state index in [4.69, 9.17) is 12.6 Å². The second kappa shape index (κ2) is 6.78. The quantitative estimate of drug-likeness (QED) is 0.637. The predicted molar refractivity (Wildman–Crippen MR) is 112 cm³/mol. The van der Waals surface area contributed by atoms with Crippen molar-refractivity contribution in [1.29, 1.82) is 0 Å². The third-order valence-corrected chi connectivity index (χ3v) is 5.57. The van der Waals surface area contributed by atoms with Crippen LogP contribution >= 0.6 is 12.6 Å². The number of rotatable bonds is 2. The standard InChI is InChI=1S/C23H21NO2S/c1-24(2)23(26)18-13-15-8-4-6-10-17(15)21(22(18)25)20-16-9-5-3-7-14(16)11-12-19(20)27/h3-12,18,25,27H,13H2,1-2H3. The van der Waals surface area contributed by atoms with E-state index in [1.54, 1.807) is 14.1 Å². The van der Waals surface area contributed by atoms with Gasteiger partial charge in [0.1, 0.15) is 5.76 Å². The molecule has 1 amide bonds. The Morgan fingerprint density at radius 2 is 1.74 bits per heavy atom. The van der Waals surface area contributed by atoms with Crippen molar-refractivity contribution in [1.82, 2.24) is 4.90 Å². The molecule has 136 valence electrons. The number of amides is 1. The number of thiol groups is 1. The lowest BCUT2D eigenvalue weighted by Crippen LogP contribution is -2.34. The lowest BCUT2D eigenvalue weighted by Gasteiger charge is -2.29. The van der Waals surface area contributed by atoms with E-state index in [9.17, 15) is 9.90 Å². The average Bonchev–Trinajstić information content (AvgIpc) is 2.68. The van der Waals surface area contributed by atoms with Crippen molar-refractivity contribution in [2.24, 2.45) is 5.92 Å². The summed E-state index contributed by atoms with van der Waals surface area (Å²) in [6, 6.07) is 20.0. The van der Waals surface area contributed by atoms with Gasteiger partial charge < -0.3 is 10.0 Å². The van der Waals surface area contributed by atoms with Crippen LogP contribution in [0.5, 0.6) is 0 Å². The first-order valence-corrected chi connectivity index (χ1v) is 9.37. The third-order valence-electron chi connectivity index (χ3n) is 5.19. The summed E-state index contributed by atoms with van der Waals surface area (Å²) in [6.07, 6.45) is 0.495. The summed E-state index contributed by atoms with van der Waals surface area (Å²) in [6.45, 7) is 0. The Kier molecular flexibility index (Phi) is 4.44. The summed E-state index contributed by atoms with van der Waals surface area (Å²) in [5.41, 5.74) is 3.60. The van der Waals surface area contributed by atoms with Gasteiger partial charge in [-0.05, 0) is 34.4 Å². The lowest BCUT2D eigenvalue weighted by atomic mass is 9.79. The van der Waals surface area contributed by atoms with E-state index in [1.165, 1.54) is 4.90 Å². The van der Waals surface area contributed by atoms with E-state index < -0.39 is 5.92 Å². The molecule has 1 atom stereocenters. The minimum absolute atomic E-state index is 0.0968. The molecule has 4 rings (SSSR count). The highest BCUT2D eigenvalue weighted by molar-refractivity contribution is 7.80. The summed E-state index contributed by atoms with van der Waals surface area (Å²) >= 11 is 4.70. The molecule has 0 aromatic heterocycles. The molecule has 1 aliphatic carbocycles. The molecule has 0 heterocycles. The molecule has 0 fully saturated rings.